The fourth-order valence-corrected chi connectivity index (χ4v) is 4.08. The first-order valence-electron chi connectivity index (χ1n) is 9.51. The van der Waals surface area contributed by atoms with Crippen LogP contribution in [-0.2, 0) is 4.74 Å². The highest BCUT2D eigenvalue weighted by atomic mass is 16.5. The average Bonchev–Trinajstić information content (AvgIpc) is 3.00. The molecule has 0 bridgehead atoms. The summed E-state index contributed by atoms with van der Waals surface area (Å²) in [5.74, 6) is 0. The normalized spacial score (nSPS) is 26.7. The predicted octanol–water partition coefficient (Wildman–Crippen LogP) is 4.06. The summed E-state index contributed by atoms with van der Waals surface area (Å²) in [6.45, 7) is 8.12. The van der Waals surface area contributed by atoms with Crippen LogP contribution in [0.2, 0.25) is 0 Å². The molecule has 0 radical (unpaired) electrons. The molecule has 0 aliphatic carbocycles. The van der Waals surface area contributed by atoms with Crippen LogP contribution in [0.25, 0.3) is 0 Å². The van der Waals surface area contributed by atoms with Gasteiger partial charge < -0.3 is 9.64 Å². The highest BCUT2D eigenvalue weighted by molar-refractivity contribution is 5.20. The topological polar surface area (TPSA) is 15.7 Å². The van der Waals surface area contributed by atoms with Gasteiger partial charge >= 0.3 is 0 Å². The van der Waals surface area contributed by atoms with E-state index in [0.717, 1.165) is 6.73 Å². The molecule has 3 rings (SSSR count). The van der Waals surface area contributed by atoms with Crippen molar-refractivity contribution in [1.82, 2.24) is 9.80 Å². The van der Waals surface area contributed by atoms with Crippen molar-refractivity contribution >= 4 is 0 Å². The van der Waals surface area contributed by atoms with E-state index >= 15 is 0 Å². The van der Waals surface area contributed by atoms with Crippen LogP contribution in [0.1, 0.15) is 57.1 Å². The summed E-state index contributed by atoms with van der Waals surface area (Å²) in [4.78, 5) is 5.22. The minimum atomic E-state index is 0.256. The molecule has 2 heterocycles. The van der Waals surface area contributed by atoms with Gasteiger partial charge in [-0.15, -0.1) is 0 Å². The smallest absolute Gasteiger partial charge is 0.100 e. The van der Waals surface area contributed by atoms with Crippen LogP contribution < -0.4 is 0 Å². The Morgan fingerprint density at radius 3 is 2.57 bits per heavy atom. The van der Waals surface area contributed by atoms with Gasteiger partial charge in [0.15, 0.2) is 0 Å². The van der Waals surface area contributed by atoms with Gasteiger partial charge in [-0.2, -0.15) is 0 Å². The average molecular weight is 316 g/mol. The molecule has 0 saturated carbocycles. The number of likely N-dealkylation sites (tertiary alicyclic amines) is 1. The molecule has 23 heavy (non-hydrogen) atoms. The quantitative estimate of drug-likeness (QED) is 0.754. The number of rotatable bonds is 7. The van der Waals surface area contributed by atoms with Crippen molar-refractivity contribution in [2.24, 2.45) is 0 Å². The Morgan fingerprint density at radius 1 is 1.04 bits per heavy atom. The second kappa shape index (κ2) is 8.81. The number of ether oxygens (including phenoxy) is 1. The maximum atomic E-state index is 6.17. The summed E-state index contributed by atoms with van der Waals surface area (Å²) in [5.41, 5.74) is 1.34. The third kappa shape index (κ3) is 4.56. The third-order valence-electron chi connectivity index (χ3n) is 5.32. The number of hydrogen-bond acceptors (Lipinski definition) is 3. The predicted molar refractivity (Wildman–Crippen MR) is 95.4 cm³/mol. The molecule has 1 aromatic rings. The minimum Gasteiger partial charge on any atom is -0.357 e. The molecule has 128 valence electrons. The molecule has 0 amide bonds. The summed E-state index contributed by atoms with van der Waals surface area (Å²) >= 11 is 0. The van der Waals surface area contributed by atoms with Crippen molar-refractivity contribution in [3.05, 3.63) is 35.9 Å². The SMILES string of the molecule is CCCC1C(c2ccccc2)OCN1CCCN1CCCCC1. The van der Waals surface area contributed by atoms with Gasteiger partial charge in [0.2, 0.25) is 0 Å². The van der Waals surface area contributed by atoms with Gasteiger partial charge in [-0.05, 0) is 50.9 Å². The molecule has 1 aromatic carbocycles. The number of benzene rings is 1. The molecule has 2 fully saturated rings. The van der Waals surface area contributed by atoms with Gasteiger partial charge in [0.1, 0.15) is 6.73 Å². The molecule has 2 unspecified atom stereocenters. The third-order valence-corrected chi connectivity index (χ3v) is 5.32. The van der Waals surface area contributed by atoms with E-state index in [9.17, 15) is 0 Å². The Hall–Kier alpha value is -0.900. The van der Waals surface area contributed by atoms with Crippen LogP contribution in [0.3, 0.4) is 0 Å². The van der Waals surface area contributed by atoms with Gasteiger partial charge in [-0.25, -0.2) is 0 Å². The second-order valence-corrected chi connectivity index (χ2v) is 7.05. The number of nitrogens with zero attached hydrogens (tertiary/aromatic N) is 2. The van der Waals surface area contributed by atoms with E-state index < -0.39 is 0 Å². The fraction of sp³-hybridized carbons (Fsp3) is 0.700. The lowest BCUT2D eigenvalue weighted by atomic mass is 9.98. The van der Waals surface area contributed by atoms with Crippen molar-refractivity contribution in [3.8, 4) is 0 Å². The van der Waals surface area contributed by atoms with Crippen molar-refractivity contribution in [1.29, 1.82) is 0 Å². The minimum absolute atomic E-state index is 0.256. The van der Waals surface area contributed by atoms with Gasteiger partial charge in [0.05, 0.1) is 6.10 Å². The van der Waals surface area contributed by atoms with Gasteiger partial charge in [-0.3, -0.25) is 4.90 Å². The lowest BCUT2D eigenvalue weighted by molar-refractivity contribution is 0.0871. The van der Waals surface area contributed by atoms with E-state index in [-0.39, 0.29) is 6.10 Å². The first-order chi connectivity index (χ1) is 11.4. The summed E-state index contributed by atoms with van der Waals surface area (Å²) in [6.07, 6.45) is 8.18. The Labute approximate surface area is 141 Å². The molecule has 2 saturated heterocycles. The van der Waals surface area contributed by atoms with E-state index in [0.29, 0.717) is 6.04 Å². The van der Waals surface area contributed by atoms with Crippen molar-refractivity contribution in [3.63, 3.8) is 0 Å². The molecule has 0 spiro atoms. The second-order valence-electron chi connectivity index (χ2n) is 7.05. The van der Waals surface area contributed by atoms with Crippen LogP contribution in [-0.4, -0.2) is 48.8 Å². The highest BCUT2D eigenvalue weighted by Crippen LogP contribution is 2.33. The van der Waals surface area contributed by atoms with Crippen LogP contribution in [0.5, 0.6) is 0 Å². The maximum absolute atomic E-state index is 6.17. The molecular weight excluding hydrogens is 284 g/mol. The monoisotopic (exact) mass is 316 g/mol. The summed E-state index contributed by atoms with van der Waals surface area (Å²) in [6, 6.07) is 11.3. The highest BCUT2D eigenvalue weighted by Gasteiger charge is 2.34. The molecule has 3 heteroatoms. The summed E-state index contributed by atoms with van der Waals surface area (Å²) in [7, 11) is 0. The van der Waals surface area contributed by atoms with Crippen LogP contribution in [0.4, 0.5) is 0 Å². The lowest BCUT2D eigenvalue weighted by Crippen LogP contribution is -2.36. The molecular formula is C20H32N2O. The molecule has 2 aliphatic heterocycles. The largest absolute Gasteiger partial charge is 0.357 e. The van der Waals surface area contributed by atoms with Crippen LogP contribution in [0, 0.1) is 0 Å². The lowest BCUT2D eigenvalue weighted by Gasteiger charge is -2.29. The molecule has 2 aliphatic rings. The van der Waals surface area contributed by atoms with Crippen LogP contribution >= 0.6 is 0 Å². The fourth-order valence-electron chi connectivity index (χ4n) is 4.08. The zero-order valence-electron chi connectivity index (χ0n) is 14.6. The van der Waals surface area contributed by atoms with Crippen molar-refractivity contribution in [2.75, 3.05) is 32.9 Å². The Balaban J connectivity index is 1.52. The molecule has 2 atom stereocenters. The number of piperidine rings is 1. The Morgan fingerprint density at radius 2 is 1.83 bits per heavy atom. The van der Waals surface area contributed by atoms with E-state index in [2.05, 4.69) is 47.1 Å². The first kappa shape index (κ1) is 16.9. The molecule has 0 aromatic heterocycles. The van der Waals surface area contributed by atoms with E-state index in [4.69, 9.17) is 4.74 Å². The van der Waals surface area contributed by atoms with Crippen molar-refractivity contribution in [2.45, 2.75) is 57.6 Å². The van der Waals surface area contributed by atoms with E-state index in [1.54, 1.807) is 0 Å². The van der Waals surface area contributed by atoms with Gasteiger partial charge in [0, 0.05) is 12.6 Å². The number of hydrogen-bond donors (Lipinski definition) is 0. The Bertz CT molecular complexity index is 444. The zero-order valence-corrected chi connectivity index (χ0v) is 14.6. The van der Waals surface area contributed by atoms with Gasteiger partial charge in [-0.1, -0.05) is 50.1 Å². The van der Waals surface area contributed by atoms with Crippen molar-refractivity contribution < 1.29 is 4.74 Å². The van der Waals surface area contributed by atoms with E-state index in [1.165, 1.54) is 70.3 Å². The van der Waals surface area contributed by atoms with E-state index in [1.807, 2.05) is 0 Å². The summed E-state index contributed by atoms with van der Waals surface area (Å²) in [5, 5.41) is 0. The standard InChI is InChI=1S/C20H32N2O/c1-2-10-19-20(18-11-5-3-6-12-18)23-17-22(19)16-9-15-21-13-7-4-8-14-21/h3,5-6,11-12,19-20H,2,4,7-10,13-17H2,1H3. The molecule has 3 nitrogen and oxygen atoms in total. The first-order valence-corrected chi connectivity index (χ1v) is 9.51. The summed E-state index contributed by atoms with van der Waals surface area (Å²) < 4.78 is 6.17. The van der Waals surface area contributed by atoms with Gasteiger partial charge in [0.25, 0.3) is 0 Å². The Kier molecular flexibility index (Phi) is 6.49. The zero-order chi connectivity index (χ0) is 15.9. The van der Waals surface area contributed by atoms with Crippen LogP contribution in [0.15, 0.2) is 30.3 Å². The molecule has 0 N–H and O–H groups in total. The maximum Gasteiger partial charge on any atom is 0.100 e.